The lowest BCUT2D eigenvalue weighted by Crippen LogP contribution is -2.13. The molecular weight excluding hydrogens is 380 g/mol. The molecule has 4 rings (SSSR count). The lowest BCUT2D eigenvalue weighted by molar-refractivity contribution is 0.261. The van der Waals surface area contributed by atoms with Crippen LogP contribution in [0.2, 0.25) is 0 Å². The van der Waals surface area contributed by atoms with Gasteiger partial charge in [-0.1, -0.05) is 24.3 Å². The second-order valence-corrected chi connectivity index (χ2v) is 6.63. The van der Waals surface area contributed by atoms with Crippen LogP contribution in [0.4, 0.5) is 0 Å². The van der Waals surface area contributed by atoms with E-state index in [1.807, 2.05) is 66.7 Å². The van der Waals surface area contributed by atoms with Gasteiger partial charge in [-0.2, -0.15) is 0 Å². The van der Waals surface area contributed by atoms with Gasteiger partial charge in [-0.3, -0.25) is 0 Å². The van der Waals surface area contributed by atoms with Crippen molar-refractivity contribution >= 4 is 11.0 Å². The maximum absolute atomic E-state index is 6.01. The number of para-hydroxylation sites is 4. The Bertz CT molecular complexity index is 1110. The van der Waals surface area contributed by atoms with Crippen LogP contribution in [-0.2, 0) is 13.2 Å². The molecule has 0 fully saturated rings. The fourth-order valence-electron chi connectivity index (χ4n) is 3.29. The minimum absolute atomic E-state index is 0.331. The average Bonchev–Trinajstić information content (AvgIpc) is 3.16. The molecule has 6 heteroatoms. The molecule has 3 aromatic carbocycles. The molecule has 0 bridgehead atoms. The summed E-state index contributed by atoms with van der Waals surface area (Å²) in [6, 6.07) is 23.2. The van der Waals surface area contributed by atoms with Gasteiger partial charge in [0.15, 0.2) is 11.5 Å². The second kappa shape index (κ2) is 9.22. The van der Waals surface area contributed by atoms with Crippen LogP contribution in [0.5, 0.6) is 23.0 Å². The largest absolute Gasteiger partial charge is 0.497 e. The number of imidazole rings is 1. The molecule has 154 valence electrons. The van der Waals surface area contributed by atoms with E-state index in [2.05, 4.69) is 10.6 Å². The van der Waals surface area contributed by atoms with E-state index >= 15 is 0 Å². The van der Waals surface area contributed by atoms with Gasteiger partial charge in [0.2, 0.25) is 0 Å². The Morgan fingerprint density at radius 3 is 2.20 bits per heavy atom. The second-order valence-electron chi connectivity index (χ2n) is 6.63. The van der Waals surface area contributed by atoms with Gasteiger partial charge >= 0.3 is 0 Å². The first-order chi connectivity index (χ1) is 14.8. The molecule has 1 heterocycles. The zero-order valence-electron chi connectivity index (χ0n) is 17.1. The van der Waals surface area contributed by atoms with Gasteiger partial charge in [-0.25, -0.2) is 4.98 Å². The molecule has 0 radical (unpaired) electrons. The zero-order valence-corrected chi connectivity index (χ0v) is 17.1. The van der Waals surface area contributed by atoms with Gasteiger partial charge in [0.1, 0.15) is 30.5 Å². The van der Waals surface area contributed by atoms with Crippen molar-refractivity contribution in [2.75, 3.05) is 20.8 Å². The number of hydrogen-bond donors (Lipinski definition) is 0. The van der Waals surface area contributed by atoms with Gasteiger partial charge in [-0.05, 0) is 48.5 Å². The standard InChI is InChI=1S/C24H24N2O4/c1-27-18-11-13-19(14-12-18)29-16-15-26-21-8-4-3-7-20(21)25-24(26)17-30-23-10-6-5-9-22(23)28-2/h3-14H,15-17H2,1-2H3. The monoisotopic (exact) mass is 404 g/mol. The summed E-state index contributed by atoms with van der Waals surface area (Å²) in [4.78, 5) is 4.76. The van der Waals surface area contributed by atoms with E-state index in [1.54, 1.807) is 14.2 Å². The summed E-state index contributed by atoms with van der Waals surface area (Å²) in [5, 5.41) is 0. The lowest BCUT2D eigenvalue weighted by Gasteiger charge is -2.13. The third-order valence-corrected chi connectivity index (χ3v) is 4.80. The van der Waals surface area contributed by atoms with Crippen molar-refractivity contribution in [1.29, 1.82) is 0 Å². The highest BCUT2D eigenvalue weighted by Gasteiger charge is 2.12. The highest BCUT2D eigenvalue weighted by Crippen LogP contribution is 2.27. The SMILES string of the molecule is COc1ccc(OCCn2c(COc3ccccc3OC)nc3ccccc32)cc1. The summed E-state index contributed by atoms with van der Waals surface area (Å²) < 4.78 is 24.6. The van der Waals surface area contributed by atoms with E-state index in [1.165, 1.54) is 0 Å². The van der Waals surface area contributed by atoms with Crippen LogP contribution in [0.25, 0.3) is 11.0 Å². The summed E-state index contributed by atoms with van der Waals surface area (Å²) in [5.41, 5.74) is 1.98. The predicted octanol–water partition coefficient (Wildman–Crippen LogP) is 4.71. The van der Waals surface area contributed by atoms with E-state index in [4.69, 9.17) is 23.9 Å². The van der Waals surface area contributed by atoms with Gasteiger partial charge < -0.3 is 23.5 Å². The fourth-order valence-corrected chi connectivity index (χ4v) is 3.29. The number of methoxy groups -OCH3 is 2. The molecule has 0 saturated carbocycles. The number of aromatic nitrogens is 2. The molecule has 0 atom stereocenters. The molecule has 4 aromatic rings. The van der Waals surface area contributed by atoms with Crippen molar-refractivity contribution in [1.82, 2.24) is 9.55 Å². The first-order valence-electron chi connectivity index (χ1n) is 9.75. The average molecular weight is 404 g/mol. The molecule has 0 aliphatic carbocycles. The van der Waals surface area contributed by atoms with Gasteiger partial charge in [0.25, 0.3) is 0 Å². The van der Waals surface area contributed by atoms with Crippen molar-refractivity contribution in [3.63, 3.8) is 0 Å². The highest BCUT2D eigenvalue weighted by molar-refractivity contribution is 5.75. The first-order valence-corrected chi connectivity index (χ1v) is 9.75. The number of fused-ring (bicyclic) bond motifs is 1. The Morgan fingerprint density at radius 1 is 0.733 bits per heavy atom. The van der Waals surface area contributed by atoms with Crippen molar-refractivity contribution < 1.29 is 18.9 Å². The van der Waals surface area contributed by atoms with Crippen LogP contribution in [0, 0.1) is 0 Å². The molecular formula is C24H24N2O4. The highest BCUT2D eigenvalue weighted by atomic mass is 16.5. The van der Waals surface area contributed by atoms with Crippen LogP contribution in [0.3, 0.4) is 0 Å². The molecule has 0 spiro atoms. The minimum Gasteiger partial charge on any atom is -0.497 e. The number of rotatable bonds is 9. The van der Waals surface area contributed by atoms with Crippen LogP contribution in [-0.4, -0.2) is 30.4 Å². The number of ether oxygens (including phenoxy) is 4. The topological polar surface area (TPSA) is 54.7 Å². The molecule has 6 nitrogen and oxygen atoms in total. The number of nitrogens with zero attached hydrogens (tertiary/aromatic N) is 2. The quantitative estimate of drug-likeness (QED) is 0.404. The van der Waals surface area contributed by atoms with E-state index in [-0.39, 0.29) is 0 Å². The van der Waals surface area contributed by atoms with Crippen LogP contribution >= 0.6 is 0 Å². The fraction of sp³-hybridized carbons (Fsp3) is 0.208. The predicted molar refractivity (Wildman–Crippen MR) is 116 cm³/mol. The molecule has 0 aliphatic rings. The summed E-state index contributed by atoms with van der Waals surface area (Å²) >= 11 is 0. The molecule has 0 unspecified atom stereocenters. The number of benzene rings is 3. The van der Waals surface area contributed by atoms with Crippen molar-refractivity contribution in [2.24, 2.45) is 0 Å². The lowest BCUT2D eigenvalue weighted by atomic mass is 10.3. The Labute approximate surface area is 175 Å². The van der Waals surface area contributed by atoms with Gasteiger partial charge in [-0.15, -0.1) is 0 Å². The van der Waals surface area contributed by atoms with Gasteiger partial charge in [0, 0.05) is 0 Å². The Hall–Kier alpha value is -3.67. The van der Waals surface area contributed by atoms with Crippen molar-refractivity contribution in [2.45, 2.75) is 13.2 Å². The third-order valence-electron chi connectivity index (χ3n) is 4.80. The zero-order chi connectivity index (χ0) is 20.8. The summed E-state index contributed by atoms with van der Waals surface area (Å²) in [5.74, 6) is 3.82. The maximum atomic E-state index is 6.01. The molecule has 30 heavy (non-hydrogen) atoms. The van der Waals surface area contributed by atoms with Crippen molar-refractivity contribution in [3.05, 3.63) is 78.6 Å². The Morgan fingerprint density at radius 2 is 1.43 bits per heavy atom. The van der Waals surface area contributed by atoms with E-state index in [0.717, 1.165) is 28.4 Å². The van der Waals surface area contributed by atoms with E-state index in [0.29, 0.717) is 31.3 Å². The maximum Gasteiger partial charge on any atom is 0.161 e. The summed E-state index contributed by atoms with van der Waals surface area (Å²) in [6.45, 7) is 1.49. The van der Waals surface area contributed by atoms with Crippen molar-refractivity contribution in [3.8, 4) is 23.0 Å². The third kappa shape index (κ3) is 4.33. The normalized spacial score (nSPS) is 10.7. The summed E-state index contributed by atoms with van der Waals surface area (Å²) in [6.07, 6.45) is 0. The molecule has 0 aliphatic heterocycles. The minimum atomic E-state index is 0.331. The molecule has 0 amide bonds. The van der Waals surface area contributed by atoms with E-state index in [9.17, 15) is 0 Å². The van der Waals surface area contributed by atoms with Crippen LogP contribution in [0.1, 0.15) is 5.82 Å². The first kappa shape index (κ1) is 19.6. The van der Waals surface area contributed by atoms with E-state index < -0.39 is 0 Å². The van der Waals surface area contributed by atoms with Gasteiger partial charge in [0.05, 0.1) is 31.8 Å². The summed E-state index contributed by atoms with van der Waals surface area (Å²) in [7, 11) is 3.28. The molecule has 0 N–H and O–H groups in total. The Kier molecular flexibility index (Phi) is 6.03. The molecule has 1 aromatic heterocycles. The van der Waals surface area contributed by atoms with Crippen LogP contribution < -0.4 is 18.9 Å². The Balaban J connectivity index is 1.49. The van der Waals surface area contributed by atoms with Crippen LogP contribution in [0.15, 0.2) is 72.8 Å². The number of hydrogen-bond acceptors (Lipinski definition) is 5. The molecule has 0 saturated heterocycles. The smallest absolute Gasteiger partial charge is 0.161 e.